The van der Waals surface area contributed by atoms with Gasteiger partial charge >= 0.3 is 17.6 Å². The first kappa shape index (κ1) is 14.5. The molecule has 0 saturated heterocycles. The van der Waals surface area contributed by atoms with Crippen LogP contribution in [0.5, 0.6) is 5.75 Å². The summed E-state index contributed by atoms with van der Waals surface area (Å²) in [4.78, 5) is 28.3. The molecule has 0 fully saturated rings. The lowest BCUT2D eigenvalue weighted by molar-refractivity contribution is -0.892. The van der Waals surface area contributed by atoms with E-state index < -0.39 is 11.9 Å². The van der Waals surface area contributed by atoms with E-state index in [1.165, 1.54) is 29.0 Å². The normalized spacial score (nSPS) is 9.95. The Hall–Kier alpha value is -2.89. The van der Waals surface area contributed by atoms with Crippen LogP contribution >= 0.6 is 0 Å². The maximum Gasteiger partial charge on any atom is 0.414 e. The zero-order valence-electron chi connectivity index (χ0n) is 11.4. The van der Waals surface area contributed by atoms with Crippen LogP contribution in [0.15, 0.2) is 48.7 Å². The molecule has 0 aliphatic carbocycles. The van der Waals surface area contributed by atoms with Gasteiger partial charge in [0.25, 0.3) is 0 Å². The quantitative estimate of drug-likeness (QED) is 0.510. The summed E-state index contributed by atoms with van der Waals surface area (Å²) in [6, 6.07) is 10.7. The van der Waals surface area contributed by atoms with E-state index in [0.29, 0.717) is 6.61 Å². The zero-order chi connectivity index (χ0) is 15.2. The lowest BCUT2D eigenvalue weighted by atomic mass is 10.2. The van der Waals surface area contributed by atoms with Crippen LogP contribution < -0.4 is 14.3 Å². The van der Waals surface area contributed by atoms with Crippen LogP contribution in [0, 0.1) is 0 Å². The zero-order valence-corrected chi connectivity index (χ0v) is 11.4. The molecular formula is C15H14NO5+. The van der Waals surface area contributed by atoms with E-state index in [9.17, 15) is 9.59 Å². The molecule has 108 valence electrons. The van der Waals surface area contributed by atoms with E-state index in [-0.39, 0.29) is 17.0 Å². The molecule has 0 aliphatic heterocycles. The third kappa shape index (κ3) is 3.56. The summed E-state index contributed by atoms with van der Waals surface area (Å²) in [6.45, 7) is 2.19. The molecule has 1 N–H and O–H groups in total. The van der Waals surface area contributed by atoms with Gasteiger partial charge in [-0.25, -0.2) is 9.59 Å². The molecule has 0 saturated carbocycles. The van der Waals surface area contributed by atoms with Gasteiger partial charge in [0.05, 0.1) is 5.56 Å². The van der Waals surface area contributed by atoms with Crippen LogP contribution in [0.1, 0.15) is 27.8 Å². The number of nitrogens with zero attached hydrogens (tertiary/aromatic N) is 1. The van der Waals surface area contributed by atoms with Crippen LogP contribution in [0.4, 0.5) is 0 Å². The van der Waals surface area contributed by atoms with Gasteiger partial charge in [0.1, 0.15) is 5.75 Å². The van der Waals surface area contributed by atoms with Crippen LogP contribution in [-0.2, 0) is 0 Å². The number of carboxylic acid groups (broad SMARTS) is 1. The predicted molar refractivity (Wildman–Crippen MR) is 72.1 cm³/mol. The summed E-state index contributed by atoms with van der Waals surface area (Å²) in [5.41, 5.74) is 0.256. The number of carbonyl (C=O) groups is 2. The van der Waals surface area contributed by atoms with E-state index in [0.717, 1.165) is 0 Å². The lowest BCUT2D eigenvalue weighted by Gasteiger charge is -2.04. The molecule has 6 heteroatoms. The number of hydrogen-bond donors (Lipinski definition) is 1. The highest BCUT2D eigenvalue weighted by atomic mass is 16.7. The highest BCUT2D eigenvalue weighted by Crippen LogP contribution is 2.14. The topological polar surface area (TPSA) is 76.7 Å². The summed E-state index contributed by atoms with van der Waals surface area (Å²) in [6.07, 6.45) is 1.59. The molecule has 0 unspecified atom stereocenters. The van der Waals surface area contributed by atoms with E-state index in [1.54, 1.807) is 31.3 Å². The van der Waals surface area contributed by atoms with E-state index in [1.807, 2.05) is 0 Å². The molecule has 0 aliphatic rings. The molecule has 1 aromatic heterocycles. The van der Waals surface area contributed by atoms with Gasteiger partial charge in [-0.1, -0.05) is 6.07 Å². The minimum absolute atomic E-state index is 0.0473. The molecular weight excluding hydrogens is 274 g/mol. The molecule has 1 aromatic carbocycles. The van der Waals surface area contributed by atoms with Crippen molar-refractivity contribution in [3.63, 3.8) is 0 Å². The molecule has 2 rings (SSSR count). The van der Waals surface area contributed by atoms with E-state index in [2.05, 4.69) is 0 Å². The summed E-state index contributed by atoms with van der Waals surface area (Å²) < 4.78 is 6.48. The maximum atomic E-state index is 12.1. The fourth-order valence-corrected chi connectivity index (χ4v) is 1.69. The number of aromatic carboxylic acids is 1. The number of hydrogen-bond acceptors (Lipinski definition) is 4. The Balaban J connectivity index is 2.22. The monoisotopic (exact) mass is 288 g/mol. The number of pyridine rings is 1. The Morgan fingerprint density at radius 2 is 2.00 bits per heavy atom. The van der Waals surface area contributed by atoms with Crippen molar-refractivity contribution in [1.29, 1.82) is 0 Å². The fraction of sp³-hybridized carbons (Fsp3) is 0.133. The average molecular weight is 288 g/mol. The minimum atomic E-state index is -1.09. The second-order valence-corrected chi connectivity index (χ2v) is 4.05. The number of carboxylic acids is 1. The Kier molecular flexibility index (Phi) is 4.50. The molecule has 2 aromatic rings. The number of rotatable bonds is 5. The third-order valence-electron chi connectivity index (χ3n) is 2.59. The second kappa shape index (κ2) is 6.51. The number of benzene rings is 1. The van der Waals surface area contributed by atoms with Crippen LogP contribution in [0.2, 0.25) is 0 Å². The maximum absolute atomic E-state index is 12.1. The van der Waals surface area contributed by atoms with Gasteiger partial charge < -0.3 is 9.84 Å². The van der Waals surface area contributed by atoms with Crippen LogP contribution in [0.25, 0.3) is 0 Å². The number of ether oxygens (including phenoxy) is 1. The van der Waals surface area contributed by atoms with Crippen LogP contribution in [-0.4, -0.2) is 23.7 Å². The van der Waals surface area contributed by atoms with Gasteiger partial charge in [-0.3, -0.25) is 4.84 Å². The summed E-state index contributed by atoms with van der Waals surface area (Å²) in [7, 11) is 0. The first-order valence-electron chi connectivity index (χ1n) is 6.31. The van der Waals surface area contributed by atoms with Crippen molar-refractivity contribution in [2.24, 2.45) is 0 Å². The van der Waals surface area contributed by atoms with Crippen molar-refractivity contribution in [2.75, 3.05) is 6.61 Å². The molecule has 0 radical (unpaired) electrons. The smallest absolute Gasteiger partial charge is 0.414 e. The van der Waals surface area contributed by atoms with Gasteiger partial charge in [-0.2, -0.15) is 0 Å². The van der Waals surface area contributed by atoms with E-state index in [4.69, 9.17) is 14.7 Å². The Bertz CT molecular complexity index is 669. The molecule has 0 spiro atoms. The minimum Gasteiger partial charge on any atom is -0.478 e. The standard InChI is InChI=1S/C15H13NO5/c1-2-20-16-9-4-3-8-13(16)15(19)21-12-7-5-6-11(10-12)14(17)18/h3-10H,2H2,1H3/p+1. The van der Waals surface area contributed by atoms with Crippen molar-refractivity contribution in [1.82, 2.24) is 0 Å². The first-order chi connectivity index (χ1) is 10.1. The predicted octanol–water partition coefficient (Wildman–Crippen LogP) is 1.34. The Morgan fingerprint density at radius 1 is 1.19 bits per heavy atom. The summed E-state index contributed by atoms with van der Waals surface area (Å²) in [5, 5.41) is 8.91. The van der Waals surface area contributed by atoms with E-state index >= 15 is 0 Å². The molecule has 0 atom stereocenters. The van der Waals surface area contributed by atoms with Gasteiger partial charge in [-0.05, 0) is 31.2 Å². The number of esters is 1. The highest BCUT2D eigenvalue weighted by molar-refractivity contribution is 5.90. The molecule has 0 bridgehead atoms. The first-order valence-corrected chi connectivity index (χ1v) is 6.31. The fourth-order valence-electron chi connectivity index (χ4n) is 1.69. The van der Waals surface area contributed by atoms with Crippen molar-refractivity contribution in [3.8, 4) is 5.75 Å². The summed E-state index contributed by atoms with van der Waals surface area (Å²) in [5.74, 6) is -1.56. The molecule has 0 amide bonds. The van der Waals surface area contributed by atoms with Gasteiger partial charge in [0.2, 0.25) is 6.20 Å². The van der Waals surface area contributed by atoms with Crippen molar-refractivity contribution < 1.29 is 29.0 Å². The average Bonchev–Trinajstić information content (AvgIpc) is 2.48. The molecule has 21 heavy (non-hydrogen) atoms. The van der Waals surface area contributed by atoms with Crippen molar-refractivity contribution >= 4 is 11.9 Å². The number of aromatic nitrogens is 1. The molecule has 6 nitrogen and oxygen atoms in total. The van der Waals surface area contributed by atoms with Gasteiger partial charge in [0.15, 0.2) is 6.61 Å². The summed E-state index contributed by atoms with van der Waals surface area (Å²) >= 11 is 0. The Morgan fingerprint density at radius 3 is 2.71 bits per heavy atom. The largest absolute Gasteiger partial charge is 0.478 e. The third-order valence-corrected chi connectivity index (χ3v) is 2.59. The van der Waals surface area contributed by atoms with Gasteiger partial charge in [-0.15, -0.1) is 0 Å². The van der Waals surface area contributed by atoms with Gasteiger partial charge in [0, 0.05) is 16.9 Å². The van der Waals surface area contributed by atoms with Crippen molar-refractivity contribution in [2.45, 2.75) is 6.92 Å². The number of carbonyl (C=O) groups excluding carboxylic acids is 1. The highest BCUT2D eigenvalue weighted by Gasteiger charge is 2.23. The Labute approximate surface area is 121 Å². The SMILES string of the molecule is CCO[n+]1ccccc1C(=O)Oc1cccc(C(=O)O)c1. The van der Waals surface area contributed by atoms with Crippen molar-refractivity contribution in [3.05, 3.63) is 59.9 Å². The lowest BCUT2D eigenvalue weighted by Crippen LogP contribution is -2.48. The second-order valence-electron chi connectivity index (χ2n) is 4.05. The van der Waals surface area contributed by atoms with Crippen LogP contribution in [0.3, 0.4) is 0 Å². The molecule has 1 heterocycles.